The minimum absolute atomic E-state index is 0.390. The van der Waals surface area contributed by atoms with Crippen LogP contribution >= 0.6 is 11.3 Å². The molecule has 1 aliphatic heterocycles. The average Bonchev–Trinajstić information content (AvgIpc) is 2.98. The van der Waals surface area contributed by atoms with Gasteiger partial charge in [0.05, 0.1) is 0 Å². The Morgan fingerprint density at radius 1 is 1.56 bits per heavy atom. The van der Waals surface area contributed by atoms with Gasteiger partial charge in [-0.2, -0.15) is 4.31 Å². The Balaban J connectivity index is 2.17. The van der Waals surface area contributed by atoms with Gasteiger partial charge in [0.15, 0.2) is 0 Å². The van der Waals surface area contributed by atoms with Crippen LogP contribution < -0.4 is 5.73 Å². The molecule has 1 aliphatic rings. The van der Waals surface area contributed by atoms with Crippen LogP contribution in [0, 0.1) is 11.8 Å². The largest absolute Gasteiger partial charge is 0.326 e. The van der Waals surface area contributed by atoms with E-state index >= 15 is 0 Å². The third-order valence-corrected chi connectivity index (χ3v) is 6.92. The van der Waals surface area contributed by atoms with Crippen molar-refractivity contribution in [2.75, 3.05) is 13.1 Å². The van der Waals surface area contributed by atoms with Crippen molar-refractivity contribution in [3.05, 3.63) is 17.0 Å². The number of rotatable bonds is 4. The minimum atomic E-state index is -3.30. The maximum atomic E-state index is 12.4. The van der Waals surface area contributed by atoms with Gasteiger partial charge in [0.25, 0.3) is 10.0 Å². The van der Waals surface area contributed by atoms with Crippen LogP contribution in [-0.4, -0.2) is 25.8 Å². The first kappa shape index (κ1) is 14.0. The third kappa shape index (κ3) is 2.61. The van der Waals surface area contributed by atoms with E-state index in [1.54, 1.807) is 10.4 Å². The molecule has 0 aromatic carbocycles. The molecule has 2 rings (SSSR count). The van der Waals surface area contributed by atoms with Crippen LogP contribution in [0.3, 0.4) is 0 Å². The van der Waals surface area contributed by atoms with Crippen molar-refractivity contribution in [1.29, 1.82) is 0 Å². The van der Waals surface area contributed by atoms with Crippen LogP contribution in [0.15, 0.2) is 15.7 Å². The second-order valence-electron chi connectivity index (χ2n) is 5.13. The fourth-order valence-electron chi connectivity index (χ4n) is 2.24. The summed E-state index contributed by atoms with van der Waals surface area (Å²) in [7, 11) is -3.30. The van der Waals surface area contributed by atoms with Crippen LogP contribution in [0.25, 0.3) is 0 Å². The molecular formula is C12H20N2O2S2. The van der Waals surface area contributed by atoms with Crippen molar-refractivity contribution in [1.82, 2.24) is 4.31 Å². The highest BCUT2D eigenvalue weighted by Crippen LogP contribution is 2.30. The highest BCUT2D eigenvalue weighted by molar-refractivity contribution is 7.91. The molecule has 0 aliphatic carbocycles. The summed E-state index contributed by atoms with van der Waals surface area (Å²) in [5, 5.41) is 1.82. The van der Waals surface area contributed by atoms with Gasteiger partial charge in [0.2, 0.25) is 0 Å². The summed E-state index contributed by atoms with van der Waals surface area (Å²) in [5.41, 5.74) is 6.41. The summed E-state index contributed by atoms with van der Waals surface area (Å²) in [6, 6.07) is 1.70. The van der Waals surface area contributed by atoms with Gasteiger partial charge in [-0.05, 0) is 35.3 Å². The first-order valence-corrected chi connectivity index (χ1v) is 8.54. The number of nitrogens with two attached hydrogens (primary N) is 1. The number of thiophene rings is 1. The Morgan fingerprint density at radius 2 is 2.28 bits per heavy atom. The standard InChI is InChI=1S/C12H20N2O2S2/c1-9(2)11-3-4-14(7-11)18(15,16)12-5-10(6-13)8-17-12/h5,8-9,11H,3-4,6-7,13H2,1-2H3. The number of hydrogen-bond acceptors (Lipinski definition) is 4. The normalized spacial score (nSPS) is 21.9. The summed E-state index contributed by atoms with van der Waals surface area (Å²) in [6.45, 7) is 5.98. The van der Waals surface area contributed by atoms with Gasteiger partial charge in [-0.25, -0.2) is 8.42 Å². The van der Waals surface area contributed by atoms with Gasteiger partial charge in [-0.15, -0.1) is 11.3 Å². The summed E-state index contributed by atoms with van der Waals surface area (Å²) in [6.07, 6.45) is 0.964. The molecule has 0 radical (unpaired) electrons. The second kappa shape index (κ2) is 5.28. The molecule has 6 heteroatoms. The predicted octanol–water partition coefficient (Wildman–Crippen LogP) is 1.87. The van der Waals surface area contributed by atoms with E-state index in [1.165, 1.54) is 11.3 Å². The number of sulfonamides is 1. The molecule has 1 aromatic rings. The molecular weight excluding hydrogens is 268 g/mol. The van der Waals surface area contributed by atoms with Crippen molar-refractivity contribution >= 4 is 21.4 Å². The average molecular weight is 288 g/mol. The molecule has 0 saturated carbocycles. The van der Waals surface area contributed by atoms with Crippen molar-refractivity contribution in [3.8, 4) is 0 Å². The topological polar surface area (TPSA) is 63.4 Å². The molecule has 4 nitrogen and oxygen atoms in total. The van der Waals surface area contributed by atoms with E-state index < -0.39 is 10.0 Å². The lowest BCUT2D eigenvalue weighted by atomic mass is 9.96. The molecule has 0 bridgehead atoms. The summed E-state index contributed by atoms with van der Waals surface area (Å²) in [5.74, 6) is 1.02. The van der Waals surface area contributed by atoms with Crippen molar-refractivity contribution in [3.63, 3.8) is 0 Å². The minimum Gasteiger partial charge on any atom is -0.326 e. The molecule has 2 N–H and O–H groups in total. The number of hydrogen-bond donors (Lipinski definition) is 1. The van der Waals surface area contributed by atoms with Gasteiger partial charge in [-0.1, -0.05) is 13.8 Å². The van der Waals surface area contributed by atoms with E-state index in [4.69, 9.17) is 5.73 Å². The molecule has 0 spiro atoms. The number of nitrogens with zero attached hydrogens (tertiary/aromatic N) is 1. The predicted molar refractivity (Wildman–Crippen MR) is 73.9 cm³/mol. The van der Waals surface area contributed by atoms with Crippen LogP contribution in [0.1, 0.15) is 25.8 Å². The zero-order valence-electron chi connectivity index (χ0n) is 10.8. The van der Waals surface area contributed by atoms with Gasteiger partial charge >= 0.3 is 0 Å². The first-order chi connectivity index (χ1) is 8.45. The van der Waals surface area contributed by atoms with Crippen LogP contribution in [0.5, 0.6) is 0 Å². The third-order valence-electron chi connectivity index (χ3n) is 3.59. The lowest BCUT2D eigenvalue weighted by Crippen LogP contribution is -2.29. The van der Waals surface area contributed by atoms with E-state index in [0.717, 1.165) is 12.0 Å². The SMILES string of the molecule is CC(C)C1CCN(S(=O)(=O)c2cc(CN)cs2)C1. The Morgan fingerprint density at radius 3 is 2.78 bits per heavy atom. The van der Waals surface area contributed by atoms with Crippen molar-refractivity contribution in [2.45, 2.75) is 31.0 Å². The van der Waals surface area contributed by atoms with Crippen molar-refractivity contribution < 1.29 is 8.42 Å². The van der Waals surface area contributed by atoms with E-state index in [1.807, 2.05) is 5.38 Å². The Bertz CT molecular complexity index is 508. The summed E-state index contributed by atoms with van der Waals surface area (Å²) in [4.78, 5) is 0. The maximum absolute atomic E-state index is 12.4. The van der Waals surface area contributed by atoms with Crippen LogP contribution in [0.4, 0.5) is 0 Å². The molecule has 1 aromatic heterocycles. The lowest BCUT2D eigenvalue weighted by molar-refractivity contribution is 0.389. The zero-order valence-corrected chi connectivity index (χ0v) is 12.4. The fraction of sp³-hybridized carbons (Fsp3) is 0.667. The zero-order chi connectivity index (χ0) is 13.3. The molecule has 1 atom stereocenters. The summed E-state index contributed by atoms with van der Waals surface area (Å²) < 4.78 is 26.9. The monoisotopic (exact) mass is 288 g/mol. The van der Waals surface area contributed by atoms with E-state index in [2.05, 4.69) is 13.8 Å². The molecule has 0 amide bonds. The Labute approximate surface area is 113 Å². The highest BCUT2D eigenvalue weighted by Gasteiger charge is 2.34. The molecule has 1 fully saturated rings. The maximum Gasteiger partial charge on any atom is 0.252 e. The summed E-state index contributed by atoms with van der Waals surface area (Å²) >= 11 is 1.27. The Hall–Kier alpha value is -0.430. The molecule has 102 valence electrons. The molecule has 1 unspecified atom stereocenters. The second-order valence-corrected chi connectivity index (χ2v) is 8.21. The molecule has 18 heavy (non-hydrogen) atoms. The fourth-order valence-corrected chi connectivity index (χ4v) is 5.13. The lowest BCUT2D eigenvalue weighted by Gasteiger charge is -2.17. The first-order valence-electron chi connectivity index (χ1n) is 6.22. The smallest absolute Gasteiger partial charge is 0.252 e. The van der Waals surface area contributed by atoms with Crippen LogP contribution in [-0.2, 0) is 16.6 Å². The van der Waals surface area contributed by atoms with E-state index in [9.17, 15) is 8.42 Å². The highest BCUT2D eigenvalue weighted by atomic mass is 32.2. The van der Waals surface area contributed by atoms with Crippen LogP contribution in [0.2, 0.25) is 0 Å². The van der Waals surface area contributed by atoms with Gasteiger partial charge in [0.1, 0.15) is 4.21 Å². The molecule has 1 saturated heterocycles. The van der Waals surface area contributed by atoms with Gasteiger partial charge in [0, 0.05) is 19.6 Å². The van der Waals surface area contributed by atoms with E-state index in [0.29, 0.717) is 35.7 Å². The Kier molecular flexibility index (Phi) is 4.11. The quantitative estimate of drug-likeness (QED) is 0.920. The van der Waals surface area contributed by atoms with Gasteiger partial charge < -0.3 is 5.73 Å². The van der Waals surface area contributed by atoms with Gasteiger partial charge in [-0.3, -0.25) is 0 Å². The molecule has 2 heterocycles. The van der Waals surface area contributed by atoms with Crippen molar-refractivity contribution in [2.24, 2.45) is 17.6 Å². The van der Waals surface area contributed by atoms with E-state index in [-0.39, 0.29) is 0 Å².